The van der Waals surface area contributed by atoms with Crippen LogP contribution in [-0.2, 0) is 0 Å². The molecule has 0 spiro atoms. The van der Waals surface area contributed by atoms with Crippen molar-refractivity contribution in [1.82, 2.24) is 0 Å². The van der Waals surface area contributed by atoms with Crippen LogP contribution < -0.4 is 0 Å². The Labute approximate surface area is 51.3 Å². The summed E-state index contributed by atoms with van der Waals surface area (Å²) >= 11 is 0. The molecule has 0 aromatic carbocycles. The van der Waals surface area contributed by atoms with Crippen LogP contribution in [0, 0.1) is 23.7 Å². The van der Waals surface area contributed by atoms with Crippen LogP contribution in [0.2, 0.25) is 0 Å². The average molecular weight is 110 g/mol. The van der Waals surface area contributed by atoms with Gasteiger partial charge in [-0.1, -0.05) is 13.8 Å². The lowest BCUT2D eigenvalue weighted by atomic mass is 10.0. The van der Waals surface area contributed by atoms with Crippen LogP contribution in [0.4, 0.5) is 0 Å². The van der Waals surface area contributed by atoms with Gasteiger partial charge in [0.05, 0.1) is 0 Å². The van der Waals surface area contributed by atoms with Crippen molar-refractivity contribution in [3.63, 3.8) is 0 Å². The van der Waals surface area contributed by atoms with E-state index < -0.39 is 0 Å². The minimum absolute atomic E-state index is 1.06. The van der Waals surface area contributed by atoms with E-state index in [9.17, 15) is 0 Å². The molecule has 8 heavy (non-hydrogen) atoms. The first-order chi connectivity index (χ1) is 3.79. The third-order valence-electron chi connectivity index (χ3n) is 3.10. The molecule has 2 fully saturated rings. The summed E-state index contributed by atoms with van der Waals surface area (Å²) in [5.41, 5.74) is 0. The Morgan fingerprint density at radius 1 is 0.875 bits per heavy atom. The summed E-state index contributed by atoms with van der Waals surface area (Å²) in [4.78, 5) is 0. The Hall–Kier alpha value is 0. The lowest BCUT2D eigenvalue weighted by Gasteiger charge is -2.04. The smallest absolute Gasteiger partial charge is 0.0354 e. The highest BCUT2D eigenvalue weighted by Crippen LogP contribution is 2.58. The second-order valence-corrected chi connectivity index (χ2v) is 3.75. The fraction of sp³-hybridized carbons (Fsp3) is 1.00. The summed E-state index contributed by atoms with van der Waals surface area (Å²) in [6.07, 6.45) is 3.07. The molecule has 0 nitrogen and oxygen atoms in total. The van der Waals surface area contributed by atoms with Gasteiger partial charge in [0.1, 0.15) is 0 Å². The molecule has 0 amide bonds. The molecule has 0 radical (unpaired) electrons. The van der Waals surface area contributed by atoms with Crippen LogP contribution in [0.25, 0.3) is 0 Å². The summed E-state index contributed by atoms with van der Waals surface area (Å²) < 4.78 is 0. The Kier molecular flexibility index (Phi) is 0.778. The van der Waals surface area contributed by atoms with E-state index in [4.69, 9.17) is 0 Å². The van der Waals surface area contributed by atoms with Crippen LogP contribution in [0.1, 0.15) is 26.7 Å². The van der Waals surface area contributed by atoms with Crippen molar-refractivity contribution in [1.29, 1.82) is 0 Å². The quantitative estimate of drug-likeness (QED) is 0.449. The molecule has 0 heteroatoms. The van der Waals surface area contributed by atoms with Gasteiger partial charge in [0.2, 0.25) is 0 Å². The first-order valence-electron chi connectivity index (χ1n) is 3.79. The second-order valence-electron chi connectivity index (χ2n) is 3.75. The van der Waals surface area contributed by atoms with Gasteiger partial charge in [0.25, 0.3) is 0 Å². The number of hydrogen-bond donors (Lipinski definition) is 0. The van der Waals surface area contributed by atoms with Crippen molar-refractivity contribution in [3.05, 3.63) is 0 Å². The van der Waals surface area contributed by atoms with Gasteiger partial charge in [-0.25, -0.2) is 0 Å². The van der Waals surface area contributed by atoms with E-state index in [1.54, 1.807) is 6.42 Å². The predicted molar refractivity (Wildman–Crippen MR) is 34.5 cm³/mol. The van der Waals surface area contributed by atoms with E-state index in [1.807, 2.05) is 0 Å². The molecule has 0 aromatic rings. The number of fused-ring (bicyclic) bond motifs is 1. The Balaban J connectivity index is 2.09. The zero-order valence-corrected chi connectivity index (χ0v) is 5.72. The zero-order chi connectivity index (χ0) is 5.72. The van der Waals surface area contributed by atoms with E-state index in [0.29, 0.717) is 0 Å². The number of hydrogen-bond acceptors (Lipinski definition) is 0. The molecule has 2 aliphatic rings. The van der Waals surface area contributed by atoms with Gasteiger partial charge in [0.15, 0.2) is 0 Å². The van der Waals surface area contributed by atoms with Gasteiger partial charge in [-0.15, -0.1) is 0 Å². The third-order valence-corrected chi connectivity index (χ3v) is 3.10. The van der Waals surface area contributed by atoms with Crippen molar-refractivity contribution in [2.45, 2.75) is 26.7 Å². The normalized spacial score (nSPS) is 60.8. The lowest BCUT2D eigenvalue weighted by Crippen LogP contribution is -1.94. The molecule has 0 aromatic heterocycles. The van der Waals surface area contributed by atoms with Gasteiger partial charge >= 0.3 is 0 Å². The van der Waals surface area contributed by atoms with E-state index in [-0.39, 0.29) is 0 Å². The molecular formula is C8H14. The minimum Gasteiger partial charge on any atom is -0.0622 e. The second kappa shape index (κ2) is 1.29. The topological polar surface area (TPSA) is 0 Å². The van der Waals surface area contributed by atoms with Crippen molar-refractivity contribution >= 4 is 0 Å². The van der Waals surface area contributed by atoms with Crippen LogP contribution in [0.3, 0.4) is 0 Å². The molecule has 0 bridgehead atoms. The highest BCUT2D eigenvalue weighted by atomic mass is 14.5. The summed E-state index contributed by atoms with van der Waals surface area (Å²) in [6.45, 7) is 4.82. The van der Waals surface area contributed by atoms with Crippen LogP contribution in [0.5, 0.6) is 0 Å². The van der Waals surface area contributed by atoms with E-state index >= 15 is 0 Å². The van der Waals surface area contributed by atoms with E-state index in [0.717, 1.165) is 23.7 Å². The van der Waals surface area contributed by atoms with Crippen molar-refractivity contribution in [2.75, 3.05) is 0 Å². The molecule has 0 aliphatic heterocycles. The first-order valence-corrected chi connectivity index (χ1v) is 3.79. The highest BCUT2D eigenvalue weighted by molar-refractivity contribution is 4.99. The Morgan fingerprint density at radius 3 is 1.50 bits per heavy atom. The fourth-order valence-corrected chi connectivity index (χ4v) is 2.48. The monoisotopic (exact) mass is 110 g/mol. The van der Waals surface area contributed by atoms with Gasteiger partial charge in [0, 0.05) is 0 Å². The van der Waals surface area contributed by atoms with Gasteiger partial charge in [-0.05, 0) is 36.5 Å². The SMILES string of the molecule is CC1CC(C)C2CC12. The maximum absolute atomic E-state index is 2.41. The van der Waals surface area contributed by atoms with Crippen molar-refractivity contribution in [3.8, 4) is 0 Å². The van der Waals surface area contributed by atoms with Gasteiger partial charge in [-0.2, -0.15) is 0 Å². The van der Waals surface area contributed by atoms with Crippen LogP contribution in [-0.4, -0.2) is 0 Å². The Morgan fingerprint density at radius 2 is 1.38 bits per heavy atom. The zero-order valence-electron chi connectivity index (χ0n) is 5.72. The van der Waals surface area contributed by atoms with Crippen molar-refractivity contribution in [2.24, 2.45) is 23.7 Å². The van der Waals surface area contributed by atoms with E-state index in [2.05, 4.69) is 13.8 Å². The summed E-state index contributed by atoms with van der Waals surface area (Å²) in [5, 5.41) is 0. The molecule has 2 aliphatic carbocycles. The molecule has 2 rings (SSSR count). The first kappa shape index (κ1) is 4.84. The molecule has 0 N–H and O–H groups in total. The summed E-state index contributed by atoms with van der Waals surface area (Å²) in [5.74, 6) is 4.44. The standard InChI is InChI=1S/C8H14/c1-5-3-6(2)8-4-7(5)8/h5-8H,3-4H2,1-2H3. The van der Waals surface area contributed by atoms with E-state index in [1.165, 1.54) is 6.42 Å². The molecule has 0 saturated heterocycles. The minimum atomic E-state index is 1.06. The number of rotatable bonds is 0. The third kappa shape index (κ3) is 0.463. The van der Waals surface area contributed by atoms with Crippen LogP contribution in [0.15, 0.2) is 0 Å². The molecular weight excluding hydrogens is 96.1 g/mol. The summed E-state index contributed by atoms with van der Waals surface area (Å²) in [6, 6.07) is 0. The van der Waals surface area contributed by atoms with Gasteiger partial charge < -0.3 is 0 Å². The highest BCUT2D eigenvalue weighted by Gasteiger charge is 2.50. The van der Waals surface area contributed by atoms with Gasteiger partial charge in [-0.3, -0.25) is 0 Å². The molecule has 0 heterocycles. The Bertz CT molecular complexity index is 90.6. The predicted octanol–water partition coefficient (Wildman–Crippen LogP) is 2.30. The lowest BCUT2D eigenvalue weighted by molar-refractivity contribution is 0.463. The molecule has 4 unspecified atom stereocenters. The molecule has 46 valence electrons. The summed E-state index contributed by atoms with van der Waals surface area (Å²) in [7, 11) is 0. The van der Waals surface area contributed by atoms with Crippen molar-refractivity contribution < 1.29 is 0 Å². The maximum atomic E-state index is 2.41. The average Bonchev–Trinajstić information content (AvgIpc) is 2.35. The van der Waals surface area contributed by atoms with Crippen LogP contribution >= 0.6 is 0 Å². The maximum Gasteiger partial charge on any atom is -0.0354 e. The molecule has 2 saturated carbocycles. The molecule has 4 atom stereocenters. The largest absolute Gasteiger partial charge is 0.0622 e. The fourth-order valence-electron chi connectivity index (χ4n) is 2.48.